The van der Waals surface area contributed by atoms with Gasteiger partial charge in [0.1, 0.15) is 0 Å². The van der Waals surface area contributed by atoms with E-state index in [9.17, 15) is 24.6 Å². The van der Waals surface area contributed by atoms with Crippen molar-refractivity contribution in [2.24, 2.45) is 0 Å². The van der Waals surface area contributed by atoms with Crippen LogP contribution in [-0.4, -0.2) is 56.3 Å². The van der Waals surface area contributed by atoms with Crippen LogP contribution in [0.25, 0.3) is 0 Å². The van der Waals surface area contributed by atoms with E-state index in [4.69, 9.17) is 0 Å². The molecular formula is C10H13N3O5. The molecule has 0 saturated carbocycles. The maximum absolute atomic E-state index is 11.8. The second-order valence-corrected chi connectivity index (χ2v) is 4.22. The minimum absolute atomic E-state index is 0.0490. The molecule has 1 fully saturated rings. The molecule has 0 aliphatic carbocycles. The van der Waals surface area contributed by atoms with Gasteiger partial charge in [0, 0.05) is 24.8 Å². The van der Waals surface area contributed by atoms with Crippen LogP contribution in [0.15, 0.2) is 15.7 Å². The number of H-pyrrole nitrogens is 2. The van der Waals surface area contributed by atoms with Gasteiger partial charge in [-0.05, 0) is 0 Å². The minimum Gasteiger partial charge on any atom is -0.388 e. The van der Waals surface area contributed by atoms with Gasteiger partial charge in [-0.15, -0.1) is 0 Å². The van der Waals surface area contributed by atoms with E-state index in [1.54, 1.807) is 0 Å². The maximum Gasteiger partial charge on any atom is 0.325 e. The van der Waals surface area contributed by atoms with Gasteiger partial charge in [-0.3, -0.25) is 14.6 Å². The van der Waals surface area contributed by atoms with Gasteiger partial charge in [-0.2, -0.15) is 0 Å². The number of aliphatic hydroxyl groups is 2. The van der Waals surface area contributed by atoms with Gasteiger partial charge in [0.05, 0.1) is 18.6 Å². The Morgan fingerprint density at radius 2 is 1.89 bits per heavy atom. The van der Waals surface area contributed by atoms with Gasteiger partial charge < -0.3 is 20.1 Å². The van der Waals surface area contributed by atoms with E-state index >= 15 is 0 Å². The predicted octanol–water partition coefficient (Wildman–Crippen LogP) is -2.83. The Kier molecular flexibility index (Phi) is 3.30. The molecule has 2 atom stereocenters. The number of aliphatic hydroxyl groups excluding tert-OH is 2. The summed E-state index contributed by atoms with van der Waals surface area (Å²) < 4.78 is 0. The molecule has 1 aromatic heterocycles. The topological polar surface area (TPSA) is 126 Å². The summed E-state index contributed by atoms with van der Waals surface area (Å²) in [5, 5.41) is 18.6. The SMILES string of the molecule is O=C(Cc1cc(=O)[nH]c(=O)[nH]1)N1C[C@@H](O)[C@@H](O)C1. The number of hydrogen-bond donors (Lipinski definition) is 4. The third-order valence-electron chi connectivity index (χ3n) is 2.77. The van der Waals surface area contributed by atoms with Crippen LogP contribution in [-0.2, 0) is 11.2 Å². The van der Waals surface area contributed by atoms with E-state index < -0.39 is 23.5 Å². The molecule has 0 aromatic carbocycles. The number of likely N-dealkylation sites (tertiary alicyclic amines) is 1. The number of carbonyl (C=O) groups is 1. The average molecular weight is 255 g/mol. The van der Waals surface area contributed by atoms with Crippen molar-refractivity contribution < 1.29 is 15.0 Å². The normalized spacial score (nSPS) is 23.3. The van der Waals surface area contributed by atoms with Gasteiger partial charge in [0.15, 0.2) is 0 Å². The van der Waals surface area contributed by atoms with Crippen molar-refractivity contribution in [1.82, 2.24) is 14.9 Å². The molecule has 1 aliphatic rings. The first-order valence-electron chi connectivity index (χ1n) is 5.42. The van der Waals surface area contributed by atoms with E-state index in [0.29, 0.717) is 0 Å². The van der Waals surface area contributed by atoms with Crippen LogP contribution in [0.4, 0.5) is 0 Å². The molecule has 0 unspecified atom stereocenters. The summed E-state index contributed by atoms with van der Waals surface area (Å²) >= 11 is 0. The Balaban J connectivity index is 2.08. The van der Waals surface area contributed by atoms with Crippen molar-refractivity contribution in [3.8, 4) is 0 Å². The lowest BCUT2D eigenvalue weighted by Crippen LogP contribution is -2.33. The molecule has 18 heavy (non-hydrogen) atoms. The van der Waals surface area contributed by atoms with Crippen LogP contribution >= 0.6 is 0 Å². The quantitative estimate of drug-likeness (QED) is 0.453. The summed E-state index contributed by atoms with van der Waals surface area (Å²) in [5.74, 6) is -0.369. The summed E-state index contributed by atoms with van der Waals surface area (Å²) in [6, 6.07) is 1.13. The lowest BCUT2D eigenvalue weighted by molar-refractivity contribution is -0.130. The molecule has 1 saturated heterocycles. The predicted molar refractivity (Wildman–Crippen MR) is 60.0 cm³/mol. The number of amides is 1. The molecule has 1 amide bonds. The van der Waals surface area contributed by atoms with Crippen LogP contribution in [0.2, 0.25) is 0 Å². The van der Waals surface area contributed by atoms with Crippen molar-refractivity contribution in [1.29, 1.82) is 0 Å². The van der Waals surface area contributed by atoms with Crippen LogP contribution in [0.1, 0.15) is 5.69 Å². The summed E-state index contributed by atoms with van der Waals surface area (Å²) in [6.07, 6.45) is -2.06. The first kappa shape index (κ1) is 12.5. The zero-order valence-electron chi connectivity index (χ0n) is 9.42. The number of rotatable bonds is 2. The van der Waals surface area contributed by atoms with E-state index in [1.165, 1.54) is 4.90 Å². The molecule has 4 N–H and O–H groups in total. The third kappa shape index (κ3) is 2.66. The first-order chi connectivity index (χ1) is 8.45. The molecule has 0 radical (unpaired) electrons. The van der Waals surface area contributed by atoms with Crippen LogP contribution < -0.4 is 11.2 Å². The van der Waals surface area contributed by atoms with Crippen molar-refractivity contribution in [3.05, 3.63) is 32.6 Å². The van der Waals surface area contributed by atoms with Gasteiger partial charge >= 0.3 is 5.69 Å². The Hall–Kier alpha value is -1.93. The van der Waals surface area contributed by atoms with Gasteiger partial charge in [-0.1, -0.05) is 0 Å². The average Bonchev–Trinajstić information content (AvgIpc) is 2.57. The Morgan fingerprint density at radius 3 is 2.44 bits per heavy atom. The molecule has 1 aliphatic heterocycles. The maximum atomic E-state index is 11.8. The first-order valence-corrected chi connectivity index (χ1v) is 5.42. The third-order valence-corrected chi connectivity index (χ3v) is 2.77. The number of aromatic amines is 2. The highest BCUT2D eigenvalue weighted by Crippen LogP contribution is 2.11. The van der Waals surface area contributed by atoms with E-state index in [1.807, 2.05) is 4.98 Å². The highest BCUT2D eigenvalue weighted by atomic mass is 16.3. The molecule has 98 valence electrons. The smallest absolute Gasteiger partial charge is 0.325 e. The van der Waals surface area contributed by atoms with Gasteiger partial charge in [0.25, 0.3) is 5.56 Å². The van der Waals surface area contributed by atoms with Crippen LogP contribution in [0.3, 0.4) is 0 Å². The fourth-order valence-electron chi connectivity index (χ4n) is 1.86. The molecule has 0 spiro atoms. The summed E-state index contributed by atoms with van der Waals surface area (Å²) in [5.41, 5.74) is -1.06. The van der Waals surface area contributed by atoms with Crippen molar-refractivity contribution in [2.75, 3.05) is 13.1 Å². The number of nitrogens with one attached hydrogen (secondary N) is 2. The zero-order chi connectivity index (χ0) is 13.3. The number of β-amino-alcohol motifs (C(OH)–C–C–N with tert-alkyl or cyclic N) is 2. The number of nitrogens with zero attached hydrogens (tertiary/aromatic N) is 1. The molecular weight excluding hydrogens is 242 g/mol. The molecule has 2 rings (SSSR count). The second kappa shape index (κ2) is 4.75. The van der Waals surface area contributed by atoms with E-state index in [0.717, 1.165) is 6.07 Å². The zero-order valence-corrected chi connectivity index (χ0v) is 9.42. The molecule has 8 nitrogen and oxygen atoms in total. The molecule has 2 heterocycles. The van der Waals surface area contributed by atoms with Crippen molar-refractivity contribution in [3.63, 3.8) is 0 Å². The standard InChI is InChI=1S/C10H13N3O5/c14-6-3-13(4-7(6)15)9(17)2-5-1-8(16)12-10(18)11-5/h1,6-7,14-15H,2-4H2,(H2,11,12,16,18)/t6-,7+. The lowest BCUT2D eigenvalue weighted by Gasteiger charge is -2.14. The summed E-state index contributed by atoms with van der Waals surface area (Å²) in [7, 11) is 0. The van der Waals surface area contributed by atoms with E-state index in [-0.39, 0.29) is 31.1 Å². The number of carbonyl (C=O) groups excluding carboxylic acids is 1. The van der Waals surface area contributed by atoms with Crippen LogP contribution in [0.5, 0.6) is 0 Å². The van der Waals surface area contributed by atoms with Gasteiger partial charge in [0.2, 0.25) is 5.91 Å². The Bertz CT molecular complexity index is 525. The van der Waals surface area contributed by atoms with Crippen molar-refractivity contribution >= 4 is 5.91 Å². The monoisotopic (exact) mass is 255 g/mol. The summed E-state index contributed by atoms with van der Waals surface area (Å²) in [6.45, 7) is 0.0981. The Labute approximate surface area is 101 Å². The fourth-order valence-corrected chi connectivity index (χ4v) is 1.86. The largest absolute Gasteiger partial charge is 0.388 e. The highest BCUT2D eigenvalue weighted by Gasteiger charge is 2.32. The highest BCUT2D eigenvalue weighted by molar-refractivity contribution is 5.78. The van der Waals surface area contributed by atoms with Crippen molar-refractivity contribution in [2.45, 2.75) is 18.6 Å². The molecule has 8 heteroatoms. The number of hydrogen-bond acceptors (Lipinski definition) is 5. The summed E-state index contributed by atoms with van der Waals surface area (Å²) in [4.78, 5) is 39.5. The molecule has 1 aromatic rings. The van der Waals surface area contributed by atoms with E-state index in [2.05, 4.69) is 4.98 Å². The fraction of sp³-hybridized carbons (Fsp3) is 0.500. The van der Waals surface area contributed by atoms with Crippen LogP contribution in [0, 0.1) is 0 Å². The number of aromatic nitrogens is 2. The van der Waals surface area contributed by atoms with Gasteiger partial charge in [-0.25, -0.2) is 4.79 Å². The Morgan fingerprint density at radius 1 is 1.28 bits per heavy atom. The second-order valence-electron chi connectivity index (χ2n) is 4.22. The molecule has 0 bridgehead atoms. The minimum atomic E-state index is -0.952. The lowest BCUT2D eigenvalue weighted by atomic mass is 10.2.